The lowest BCUT2D eigenvalue weighted by atomic mass is 9.60. The van der Waals surface area contributed by atoms with Gasteiger partial charge in [-0.05, 0) is 12.8 Å². The minimum absolute atomic E-state index is 0.359. The summed E-state index contributed by atoms with van der Waals surface area (Å²) in [4.78, 5) is 38.8. The zero-order valence-corrected chi connectivity index (χ0v) is 8.23. The highest BCUT2D eigenvalue weighted by atomic mass is 16.7. The lowest BCUT2D eigenvalue weighted by Gasteiger charge is -2.50. The van der Waals surface area contributed by atoms with Crippen LogP contribution in [-0.2, 0) is 19.2 Å². The van der Waals surface area contributed by atoms with E-state index in [2.05, 4.69) is 0 Å². The Bertz CT molecular complexity index is 352. The molecule has 0 aromatic rings. The van der Waals surface area contributed by atoms with Crippen LogP contribution in [0.5, 0.6) is 0 Å². The van der Waals surface area contributed by atoms with E-state index in [9.17, 15) is 14.4 Å². The van der Waals surface area contributed by atoms with Crippen molar-refractivity contribution in [3.05, 3.63) is 0 Å². The summed E-state index contributed by atoms with van der Waals surface area (Å²) in [6.07, 6.45) is 1.10. The maximum Gasteiger partial charge on any atom is 0.335 e. The third-order valence-corrected chi connectivity index (χ3v) is 3.18. The minimum atomic E-state index is -1.75. The van der Waals surface area contributed by atoms with E-state index in [1.807, 2.05) is 0 Å². The second-order valence-corrected chi connectivity index (χ2v) is 3.74. The third kappa shape index (κ3) is 0.977. The van der Waals surface area contributed by atoms with E-state index >= 15 is 0 Å². The lowest BCUT2D eigenvalue weighted by molar-refractivity contribution is -0.244. The highest BCUT2D eigenvalue weighted by Crippen LogP contribution is 2.43. The Morgan fingerprint density at radius 1 is 1.60 bits per heavy atom. The van der Waals surface area contributed by atoms with Gasteiger partial charge < -0.3 is 9.94 Å². The van der Waals surface area contributed by atoms with Gasteiger partial charge in [-0.15, -0.1) is 0 Å². The van der Waals surface area contributed by atoms with Crippen molar-refractivity contribution in [3.8, 4) is 0 Å². The number of carboxylic acid groups (broad SMARTS) is 1. The Morgan fingerprint density at radius 3 is 2.80 bits per heavy atom. The van der Waals surface area contributed by atoms with Crippen molar-refractivity contribution < 1.29 is 24.3 Å². The van der Waals surface area contributed by atoms with Gasteiger partial charge >= 0.3 is 5.97 Å². The fourth-order valence-corrected chi connectivity index (χ4v) is 2.45. The highest BCUT2D eigenvalue weighted by Gasteiger charge is 2.72. The summed E-state index contributed by atoms with van der Waals surface area (Å²) < 4.78 is 0. The van der Waals surface area contributed by atoms with Gasteiger partial charge in [-0.25, -0.2) is 4.79 Å². The molecule has 2 atom stereocenters. The number of aliphatic carboxylic acids is 1. The number of Topliss-reactive ketones (excluding diaryl/α,β-unsaturated/α-hetero) is 2. The molecule has 1 heterocycles. The van der Waals surface area contributed by atoms with Crippen molar-refractivity contribution in [3.63, 3.8) is 0 Å². The number of hydrogen-bond acceptors (Lipinski definition) is 5. The zero-order chi connectivity index (χ0) is 11.2. The Hall–Kier alpha value is -1.27. The number of carboxylic acids is 1. The largest absolute Gasteiger partial charge is 0.479 e. The van der Waals surface area contributed by atoms with Crippen LogP contribution in [0.25, 0.3) is 0 Å². The summed E-state index contributed by atoms with van der Waals surface area (Å²) in [5, 5.41) is 10.2. The van der Waals surface area contributed by atoms with Crippen LogP contribution in [0.1, 0.15) is 12.8 Å². The van der Waals surface area contributed by atoms with Crippen LogP contribution in [0.15, 0.2) is 0 Å². The summed E-state index contributed by atoms with van der Waals surface area (Å²) in [7, 11) is 1.31. The van der Waals surface area contributed by atoms with Crippen molar-refractivity contribution in [2.45, 2.75) is 18.4 Å². The molecule has 82 valence electrons. The van der Waals surface area contributed by atoms with E-state index in [0.29, 0.717) is 19.4 Å². The molecule has 0 aromatic carbocycles. The molecule has 1 saturated carbocycles. The first kappa shape index (κ1) is 10.3. The molecule has 2 unspecified atom stereocenters. The van der Waals surface area contributed by atoms with E-state index in [4.69, 9.17) is 9.94 Å². The van der Waals surface area contributed by atoms with Gasteiger partial charge in [0.05, 0.1) is 13.0 Å². The molecule has 1 N–H and O–H groups in total. The Kier molecular flexibility index (Phi) is 2.13. The molecule has 1 aliphatic carbocycles. The molecular weight excluding hydrogens is 202 g/mol. The first-order valence-corrected chi connectivity index (χ1v) is 4.70. The molecule has 2 aliphatic rings. The first-order chi connectivity index (χ1) is 7.06. The van der Waals surface area contributed by atoms with Crippen LogP contribution in [0, 0.1) is 5.92 Å². The second-order valence-electron chi connectivity index (χ2n) is 3.74. The smallest absolute Gasteiger partial charge is 0.335 e. The number of piperidine rings is 1. The predicted octanol–water partition coefficient (Wildman–Crippen LogP) is -0.765. The molecule has 0 radical (unpaired) electrons. The van der Waals surface area contributed by atoms with Gasteiger partial charge in [0.15, 0.2) is 0 Å². The first-order valence-electron chi connectivity index (χ1n) is 4.70. The molecule has 0 aromatic heterocycles. The zero-order valence-electron chi connectivity index (χ0n) is 8.23. The van der Waals surface area contributed by atoms with Crippen LogP contribution < -0.4 is 0 Å². The third-order valence-electron chi connectivity index (χ3n) is 3.18. The van der Waals surface area contributed by atoms with Gasteiger partial charge in [0.1, 0.15) is 0 Å². The van der Waals surface area contributed by atoms with Crippen LogP contribution in [-0.4, -0.2) is 46.9 Å². The van der Waals surface area contributed by atoms with E-state index in [-0.39, 0.29) is 0 Å². The lowest BCUT2D eigenvalue weighted by Crippen LogP contribution is -2.77. The van der Waals surface area contributed by atoms with Gasteiger partial charge in [0.2, 0.25) is 17.1 Å². The Balaban J connectivity index is 2.44. The average molecular weight is 213 g/mol. The molecule has 1 saturated heterocycles. The standard InChI is InChI=1S/C9H11NO5/c1-15-10-4-2-3-5-6(11)7(12)9(5,10)8(13)14/h5H,2-4H2,1H3,(H,13,14). The van der Waals surface area contributed by atoms with Crippen molar-refractivity contribution in [2.75, 3.05) is 13.7 Å². The number of rotatable bonds is 2. The van der Waals surface area contributed by atoms with Crippen molar-refractivity contribution in [2.24, 2.45) is 5.92 Å². The van der Waals surface area contributed by atoms with Gasteiger partial charge in [-0.1, -0.05) is 0 Å². The minimum Gasteiger partial charge on any atom is -0.479 e. The number of ketones is 2. The number of hydrogen-bond donors (Lipinski definition) is 1. The van der Waals surface area contributed by atoms with Crippen LogP contribution in [0.3, 0.4) is 0 Å². The Labute approximate surface area is 85.8 Å². The summed E-state index contributed by atoms with van der Waals surface area (Å²) in [5.74, 6) is -3.48. The van der Waals surface area contributed by atoms with E-state index in [1.54, 1.807) is 0 Å². The van der Waals surface area contributed by atoms with Crippen LogP contribution >= 0.6 is 0 Å². The fourth-order valence-electron chi connectivity index (χ4n) is 2.45. The number of hydroxylamine groups is 2. The monoisotopic (exact) mass is 213 g/mol. The Morgan fingerprint density at radius 2 is 2.27 bits per heavy atom. The second kappa shape index (κ2) is 3.11. The summed E-state index contributed by atoms with van der Waals surface area (Å²) in [6, 6.07) is 0. The summed E-state index contributed by atoms with van der Waals surface area (Å²) >= 11 is 0. The van der Waals surface area contributed by atoms with Crippen molar-refractivity contribution >= 4 is 17.5 Å². The van der Waals surface area contributed by atoms with Gasteiger partial charge in [0, 0.05) is 6.54 Å². The molecule has 0 bridgehead atoms. The summed E-state index contributed by atoms with van der Waals surface area (Å²) in [6.45, 7) is 0.359. The maximum atomic E-state index is 11.5. The highest BCUT2D eigenvalue weighted by molar-refractivity contribution is 6.53. The van der Waals surface area contributed by atoms with E-state index < -0.39 is 29.0 Å². The summed E-state index contributed by atoms with van der Waals surface area (Å²) in [5.41, 5.74) is -1.75. The molecule has 2 fully saturated rings. The van der Waals surface area contributed by atoms with Crippen molar-refractivity contribution in [1.29, 1.82) is 0 Å². The molecule has 6 heteroatoms. The quantitative estimate of drug-likeness (QED) is 0.479. The molecular formula is C9H11NO5. The number of carbonyl (C=O) groups excluding carboxylic acids is 2. The number of carbonyl (C=O) groups is 3. The molecule has 0 amide bonds. The molecule has 1 aliphatic heterocycles. The van der Waals surface area contributed by atoms with E-state index in [1.165, 1.54) is 7.11 Å². The predicted molar refractivity (Wildman–Crippen MR) is 46.8 cm³/mol. The van der Waals surface area contributed by atoms with Crippen LogP contribution in [0.4, 0.5) is 0 Å². The van der Waals surface area contributed by atoms with Gasteiger partial charge in [-0.2, -0.15) is 5.06 Å². The normalized spacial score (nSPS) is 35.9. The maximum absolute atomic E-state index is 11.5. The number of fused-ring (bicyclic) bond motifs is 1. The SMILES string of the molecule is CON1CCCC2C(=O)C(=O)C21C(=O)O. The fraction of sp³-hybridized carbons (Fsp3) is 0.667. The molecule has 0 spiro atoms. The molecule has 2 rings (SSSR count). The molecule has 15 heavy (non-hydrogen) atoms. The van der Waals surface area contributed by atoms with Crippen molar-refractivity contribution in [1.82, 2.24) is 5.06 Å². The van der Waals surface area contributed by atoms with Gasteiger partial charge in [-0.3, -0.25) is 9.59 Å². The molecule has 6 nitrogen and oxygen atoms in total. The number of nitrogens with zero attached hydrogens (tertiary/aromatic N) is 1. The van der Waals surface area contributed by atoms with E-state index in [0.717, 1.165) is 5.06 Å². The average Bonchev–Trinajstić information content (AvgIpc) is 2.25. The van der Waals surface area contributed by atoms with Crippen LogP contribution in [0.2, 0.25) is 0 Å². The topological polar surface area (TPSA) is 83.9 Å². The van der Waals surface area contributed by atoms with Gasteiger partial charge in [0.25, 0.3) is 0 Å².